The highest BCUT2D eigenvalue weighted by molar-refractivity contribution is 5.90. The molecule has 1 aromatic rings. The summed E-state index contributed by atoms with van der Waals surface area (Å²) in [5.41, 5.74) is 0.245. The summed E-state index contributed by atoms with van der Waals surface area (Å²) < 4.78 is 10.4. The minimum absolute atomic E-state index is 0.0202. The summed E-state index contributed by atoms with van der Waals surface area (Å²) >= 11 is 0. The highest BCUT2D eigenvalue weighted by atomic mass is 16.5. The number of aliphatic hydroxyl groups is 2. The molecule has 1 aliphatic rings. The lowest BCUT2D eigenvalue weighted by molar-refractivity contribution is -0.146. The van der Waals surface area contributed by atoms with Gasteiger partial charge in [-0.1, -0.05) is 12.1 Å². The molecule has 2 rings (SSSR count). The zero-order valence-corrected chi connectivity index (χ0v) is 16.5. The van der Waals surface area contributed by atoms with Crippen molar-refractivity contribution in [3.05, 3.63) is 29.8 Å². The molecule has 166 valence electrons. The number of aliphatic carboxylic acids is 1. The summed E-state index contributed by atoms with van der Waals surface area (Å²) in [5.74, 6) is -2.42. The van der Waals surface area contributed by atoms with Gasteiger partial charge in [0.25, 0.3) is 0 Å². The Balaban J connectivity index is 1.98. The summed E-state index contributed by atoms with van der Waals surface area (Å²) in [6.45, 7) is 0.892. The standard InChI is InChI=1S/C19H27N3O8/c1-29-12-4-2-11(3-5-12)17(25)16(19(27)28)22-18(26)14(10-23)21-15(24)8-13-9-20-6-7-30-13/h2-5,13-14,16-17,20,23,25H,6-10H2,1H3,(H,21,24)(H,22,26)(H,27,28)/t13?,14-,16-,17+/m0/s1. The van der Waals surface area contributed by atoms with Crippen LogP contribution in [-0.4, -0.2) is 84.7 Å². The van der Waals surface area contributed by atoms with Crippen molar-refractivity contribution in [1.82, 2.24) is 16.0 Å². The third-order valence-corrected chi connectivity index (χ3v) is 4.59. The number of carboxylic acids is 1. The highest BCUT2D eigenvalue weighted by Gasteiger charge is 2.32. The van der Waals surface area contributed by atoms with E-state index < -0.39 is 42.6 Å². The van der Waals surface area contributed by atoms with E-state index in [4.69, 9.17) is 9.47 Å². The molecule has 1 aliphatic heterocycles. The van der Waals surface area contributed by atoms with Gasteiger partial charge >= 0.3 is 5.97 Å². The molecule has 11 nitrogen and oxygen atoms in total. The summed E-state index contributed by atoms with van der Waals surface area (Å²) in [5, 5.41) is 36.9. The van der Waals surface area contributed by atoms with Crippen LogP contribution >= 0.6 is 0 Å². The van der Waals surface area contributed by atoms with Crippen molar-refractivity contribution in [2.45, 2.75) is 30.7 Å². The Bertz CT molecular complexity index is 721. The summed E-state index contributed by atoms with van der Waals surface area (Å²) in [4.78, 5) is 36.2. The quantitative estimate of drug-likeness (QED) is 0.252. The largest absolute Gasteiger partial charge is 0.497 e. The van der Waals surface area contributed by atoms with Crippen molar-refractivity contribution >= 4 is 17.8 Å². The predicted octanol–water partition coefficient (Wildman–Crippen LogP) is -1.85. The summed E-state index contributed by atoms with van der Waals surface area (Å²) in [7, 11) is 1.46. The van der Waals surface area contributed by atoms with E-state index in [1.165, 1.54) is 31.4 Å². The molecule has 1 heterocycles. The van der Waals surface area contributed by atoms with Gasteiger partial charge in [0.2, 0.25) is 11.8 Å². The highest BCUT2D eigenvalue weighted by Crippen LogP contribution is 2.20. The maximum absolute atomic E-state index is 12.4. The van der Waals surface area contributed by atoms with Crippen LogP contribution in [0.5, 0.6) is 5.75 Å². The van der Waals surface area contributed by atoms with Crippen molar-refractivity contribution in [2.75, 3.05) is 33.4 Å². The van der Waals surface area contributed by atoms with Crippen molar-refractivity contribution in [3.63, 3.8) is 0 Å². The van der Waals surface area contributed by atoms with E-state index in [2.05, 4.69) is 16.0 Å². The van der Waals surface area contributed by atoms with E-state index >= 15 is 0 Å². The number of carboxylic acid groups (broad SMARTS) is 1. The number of carbonyl (C=O) groups excluding carboxylic acids is 2. The van der Waals surface area contributed by atoms with Gasteiger partial charge < -0.3 is 40.7 Å². The first kappa shape index (κ1) is 23.5. The van der Waals surface area contributed by atoms with Gasteiger partial charge in [-0.25, -0.2) is 4.79 Å². The number of amides is 2. The van der Waals surface area contributed by atoms with Crippen LogP contribution in [0.15, 0.2) is 24.3 Å². The second-order valence-corrected chi connectivity index (χ2v) is 6.75. The number of ether oxygens (including phenoxy) is 2. The number of nitrogens with one attached hydrogen (secondary N) is 3. The van der Waals surface area contributed by atoms with Gasteiger partial charge in [0.15, 0.2) is 6.04 Å². The van der Waals surface area contributed by atoms with Crippen LogP contribution in [0, 0.1) is 0 Å². The maximum Gasteiger partial charge on any atom is 0.329 e. The molecule has 1 aromatic carbocycles. The Morgan fingerprint density at radius 3 is 2.50 bits per heavy atom. The maximum atomic E-state index is 12.4. The van der Waals surface area contributed by atoms with E-state index in [9.17, 15) is 29.7 Å². The van der Waals surface area contributed by atoms with Crippen LogP contribution in [0.4, 0.5) is 0 Å². The number of rotatable bonds is 10. The van der Waals surface area contributed by atoms with Crippen LogP contribution in [0.25, 0.3) is 0 Å². The van der Waals surface area contributed by atoms with Gasteiger partial charge in [0.05, 0.1) is 32.8 Å². The number of hydrogen-bond acceptors (Lipinski definition) is 8. The minimum Gasteiger partial charge on any atom is -0.497 e. The molecule has 4 atom stereocenters. The van der Waals surface area contributed by atoms with Crippen LogP contribution in [0.2, 0.25) is 0 Å². The van der Waals surface area contributed by atoms with Crippen LogP contribution in [0.3, 0.4) is 0 Å². The Hall–Kier alpha value is -2.73. The molecule has 1 saturated heterocycles. The lowest BCUT2D eigenvalue weighted by Crippen LogP contribution is -2.55. The molecule has 1 unspecified atom stereocenters. The van der Waals surface area contributed by atoms with Crippen molar-refractivity contribution in [2.24, 2.45) is 0 Å². The topological polar surface area (TPSA) is 166 Å². The summed E-state index contributed by atoms with van der Waals surface area (Å²) in [6.07, 6.45) is -1.94. The zero-order chi connectivity index (χ0) is 22.1. The normalized spacial score (nSPS) is 19.2. The third-order valence-electron chi connectivity index (χ3n) is 4.59. The zero-order valence-electron chi connectivity index (χ0n) is 16.5. The average molecular weight is 425 g/mol. The second-order valence-electron chi connectivity index (χ2n) is 6.75. The van der Waals surface area contributed by atoms with Gasteiger partial charge in [-0.2, -0.15) is 0 Å². The third kappa shape index (κ3) is 6.66. The van der Waals surface area contributed by atoms with Crippen molar-refractivity contribution < 1.29 is 39.2 Å². The molecular weight excluding hydrogens is 398 g/mol. The van der Waals surface area contributed by atoms with E-state index in [1.54, 1.807) is 0 Å². The number of benzene rings is 1. The molecule has 0 spiro atoms. The fourth-order valence-electron chi connectivity index (χ4n) is 2.93. The Kier molecular flexibility index (Phi) is 8.99. The minimum atomic E-state index is -1.69. The van der Waals surface area contributed by atoms with Gasteiger partial charge in [-0.3, -0.25) is 9.59 Å². The van der Waals surface area contributed by atoms with Crippen molar-refractivity contribution in [1.29, 1.82) is 0 Å². The fourth-order valence-corrected chi connectivity index (χ4v) is 2.93. The Morgan fingerprint density at radius 1 is 1.27 bits per heavy atom. The molecule has 11 heteroatoms. The van der Waals surface area contributed by atoms with E-state index in [-0.39, 0.29) is 18.1 Å². The molecular formula is C19H27N3O8. The van der Waals surface area contributed by atoms with Gasteiger partial charge in [-0.15, -0.1) is 0 Å². The van der Waals surface area contributed by atoms with Crippen LogP contribution in [-0.2, 0) is 19.1 Å². The number of aliphatic hydroxyl groups excluding tert-OH is 2. The second kappa shape index (κ2) is 11.5. The van der Waals surface area contributed by atoms with E-state index in [0.717, 1.165) is 0 Å². The molecule has 0 bridgehead atoms. The Morgan fingerprint density at radius 2 is 1.97 bits per heavy atom. The van der Waals surface area contributed by atoms with E-state index in [1.807, 2.05) is 0 Å². The smallest absolute Gasteiger partial charge is 0.329 e. The molecule has 0 aromatic heterocycles. The van der Waals surface area contributed by atoms with E-state index in [0.29, 0.717) is 25.4 Å². The van der Waals surface area contributed by atoms with Gasteiger partial charge in [0.1, 0.15) is 17.9 Å². The fraction of sp³-hybridized carbons (Fsp3) is 0.526. The monoisotopic (exact) mass is 425 g/mol. The summed E-state index contributed by atoms with van der Waals surface area (Å²) in [6, 6.07) is 2.95. The first-order valence-electron chi connectivity index (χ1n) is 9.43. The molecule has 2 amide bonds. The molecule has 0 saturated carbocycles. The SMILES string of the molecule is COc1ccc([C@@H](O)[C@H](NC(=O)[C@H](CO)NC(=O)CC2CNCCO2)C(=O)O)cc1. The lowest BCUT2D eigenvalue weighted by Gasteiger charge is -2.25. The number of carbonyl (C=O) groups is 3. The first-order valence-corrected chi connectivity index (χ1v) is 9.43. The molecule has 30 heavy (non-hydrogen) atoms. The number of hydrogen-bond donors (Lipinski definition) is 6. The van der Waals surface area contributed by atoms with Gasteiger partial charge in [0, 0.05) is 13.1 Å². The first-order chi connectivity index (χ1) is 14.3. The number of methoxy groups -OCH3 is 1. The average Bonchev–Trinajstić information content (AvgIpc) is 2.75. The number of morpholine rings is 1. The van der Waals surface area contributed by atoms with Gasteiger partial charge in [-0.05, 0) is 17.7 Å². The van der Waals surface area contributed by atoms with Crippen LogP contribution < -0.4 is 20.7 Å². The molecule has 6 N–H and O–H groups in total. The molecule has 1 fully saturated rings. The molecule has 0 radical (unpaired) electrons. The van der Waals surface area contributed by atoms with Crippen LogP contribution in [0.1, 0.15) is 18.1 Å². The van der Waals surface area contributed by atoms with Crippen molar-refractivity contribution in [3.8, 4) is 5.75 Å². The predicted molar refractivity (Wildman–Crippen MR) is 104 cm³/mol. The lowest BCUT2D eigenvalue weighted by atomic mass is 10.0. The Labute approximate surface area is 173 Å². The molecule has 0 aliphatic carbocycles.